The van der Waals surface area contributed by atoms with Crippen LogP contribution in [-0.4, -0.2) is 61.6 Å². The van der Waals surface area contributed by atoms with Gasteiger partial charge in [-0.1, -0.05) is 0 Å². The number of amides is 2. The normalized spacial score (nSPS) is 22.5. The number of nitrogens with one attached hydrogen (secondary N) is 1. The van der Waals surface area contributed by atoms with Gasteiger partial charge in [-0.05, 0) is 40.0 Å². The second-order valence-electron chi connectivity index (χ2n) is 7.38. The first kappa shape index (κ1) is 19.0. The molecule has 2 fully saturated rings. The number of carbonyl (C=O) groups is 2. The van der Waals surface area contributed by atoms with Crippen LogP contribution in [0.2, 0.25) is 0 Å². The molecule has 2 aliphatic rings. The molecule has 24 heavy (non-hydrogen) atoms. The van der Waals surface area contributed by atoms with E-state index < -0.39 is 11.7 Å². The Kier molecular flexibility index (Phi) is 6.86. The van der Waals surface area contributed by atoms with Gasteiger partial charge in [0.15, 0.2) is 6.29 Å². The number of likely N-dealkylation sites (tertiary alicyclic amines) is 1. The molecule has 2 saturated heterocycles. The van der Waals surface area contributed by atoms with E-state index in [1.807, 2.05) is 25.7 Å². The van der Waals surface area contributed by atoms with Crippen molar-refractivity contribution in [3.63, 3.8) is 0 Å². The second-order valence-corrected chi connectivity index (χ2v) is 7.38. The van der Waals surface area contributed by atoms with E-state index in [9.17, 15) is 9.59 Å². The van der Waals surface area contributed by atoms with E-state index in [-0.39, 0.29) is 18.1 Å². The van der Waals surface area contributed by atoms with Crippen LogP contribution in [0.1, 0.15) is 46.5 Å². The minimum Gasteiger partial charge on any atom is -0.444 e. The number of hydrogen-bond donors (Lipinski definition) is 1. The number of hydrogen-bond acceptors (Lipinski definition) is 5. The Morgan fingerprint density at radius 3 is 2.62 bits per heavy atom. The SMILES string of the molecule is CC(C)(C)OC(=O)NCCCC(=O)N1CCCC(C2OCCO2)C1. The van der Waals surface area contributed by atoms with Gasteiger partial charge in [-0.3, -0.25) is 4.79 Å². The van der Waals surface area contributed by atoms with E-state index in [2.05, 4.69) is 5.32 Å². The van der Waals surface area contributed by atoms with Crippen molar-refractivity contribution in [2.75, 3.05) is 32.8 Å². The molecular formula is C17H30N2O5. The molecule has 7 heteroatoms. The maximum atomic E-state index is 12.3. The van der Waals surface area contributed by atoms with Gasteiger partial charge >= 0.3 is 6.09 Å². The van der Waals surface area contributed by atoms with Gasteiger partial charge in [0, 0.05) is 32.0 Å². The zero-order chi connectivity index (χ0) is 17.6. The van der Waals surface area contributed by atoms with Gasteiger partial charge in [0.05, 0.1) is 13.2 Å². The van der Waals surface area contributed by atoms with Gasteiger partial charge < -0.3 is 24.4 Å². The molecule has 1 unspecified atom stereocenters. The molecule has 1 atom stereocenters. The fraction of sp³-hybridized carbons (Fsp3) is 0.882. The fourth-order valence-electron chi connectivity index (χ4n) is 3.01. The third-order valence-corrected chi connectivity index (χ3v) is 4.08. The van der Waals surface area contributed by atoms with Crippen LogP contribution in [0, 0.1) is 5.92 Å². The largest absolute Gasteiger partial charge is 0.444 e. The van der Waals surface area contributed by atoms with Gasteiger partial charge in [-0.25, -0.2) is 4.79 Å². The molecule has 0 bridgehead atoms. The summed E-state index contributed by atoms with van der Waals surface area (Å²) < 4.78 is 16.3. The minimum absolute atomic E-state index is 0.128. The Hall–Kier alpha value is -1.34. The van der Waals surface area contributed by atoms with E-state index >= 15 is 0 Å². The summed E-state index contributed by atoms with van der Waals surface area (Å²) in [5.74, 6) is 0.397. The van der Waals surface area contributed by atoms with Crippen molar-refractivity contribution >= 4 is 12.0 Å². The number of alkyl carbamates (subject to hydrolysis) is 1. The summed E-state index contributed by atoms with van der Waals surface area (Å²) in [4.78, 5) is 25.8. The van der Waals surface area contributed by atoms with Crippen LogP contribution in [0.4, 0.5) is 4.79 Å². The van der Waals surface area contributed by atoms with Crippen LogP contribution in [0.3, 0.4) is 0 Å². The standard InChI is InChI=1S/C17H30N2O5/c1-17(2,3)24-16(21)18-8-4-7-14(20)19-9-5-6-13(12-19)15-22-10-11-23-15/h13,15H,4-12H2,1-3H3,(H,18,21). The smallest absolute Gasteiger partial charge is 0.407 e. The van der Waals surface area contributed by atoms with Crippen molar-refractivity contribution in [3.05, 3.63) is 0 Å². The van der Waals surface area contributed by atoms with Crippen LogP contribution in [0.5, 0.6) is 0 Å². The summed E-state index contributed by atoms with van der Waals surface area (Å²) in [7, 11) is 0. The lowest BCUT2D eigenvalue weighted by Gasteiger charge is -2.34. The number of piperidine rings is 1. The highest BCUT2D eigenvalue weighted by Gasteiger charge is 2.32. The van der Waals surface area contributed by atoms with Crippen LogP contribution in [0.25, 0.3) is 0 Å². The number of carbonyl (C=O) groups excluding carboxylic acids is 2. The predicted octanol–water partition coefficient (Wildman–Crippen LogP) is 1.90. The summed E-state index contributed by atoms with van der Waals surface area (Å²) in [5.41, 5.74) is -0.507. The quantitative estimate of drug-likeness (QED) is 0.772. The Morgan fingerprint density at radius 1 is 1.25 bits per heavy atom. The van der Waals surface area contributed by atoms with Crippen molar-refractivity contribution in [2.45, 2.75) is 58.3 Å². The van der Waals surface area contributed by atoms with E-state index in [0.717, 1.165) is 19.4 Å². The van der Waals surface area contributed by atoms with E-state index in [4.69, 9.17) is 14.2 Å². The second kappa shape index (κ2) is 8.67. The molecule has 2 rings (SSSR count). The summed E-state index contributed by atoms with van der Waals surface area (Å²) in [6.07, 6.45) is 2.45. The Balaban J connectivity index is 1.64. The van der Waals surface area contributed by atoms with Crippen molar-refractivity contribution in [1.82, 2.24) is 10.2 Å². The first-order chi connectivity index (χ1) is 11.3. The van der Waals surface area contributed by atoms with Crippen molar-refractivity contribution in [3.8, 4) is 0 Å². The van der Waals surface area contributed by atoms with Crippen molar-refractivity contribution in [2.24, 2.45) is 5.92 Å². The molecule has 2 heterocycles. The van der Waals surface area contributed by atoms with Crippen LogP contribution >= 0.6 is 0 Å². The number of rotatable bonds is 5. The van der Waals surface area contributed by atoms with Crippen molar-refractivity contribution in [1.29, 1.82) is 0 Å². The van der Waals surface area contributed by atoms with E-state index in [0.29, 0.717) is 39.1 Å². The van der Waals surface area contributed by atoms with Gasteiger partial charge in [0.1, 0.15) is 5.60 Å². The Labute approximate surface area is 144 Å². The monoisotopic (exact) mass is 342 g/mol. The molecule has 0 aliphatic carbocycles. The highest BCUT2D eigenvalue weighted by Crippen LogP contribution is 2.25. The first-order valence-corrected chi connectivity index (χ1v) is 8.83. The van der Waals surface area contributed by atoms with Gasteiger partial charge in [-0.15, -0.1) is 0 Å². The van der Waals surface area contributed by atoms with Gasteiger partial charge in [-0.2, -0.15) is 0 Å². The summed E-state index contributed by atoms with van der Waals surface area (Å²) in [5, 5.41) is 2.68. The molecule has 0 saturated carbocycles. The lowest BCUT2D eigenvalue weighted by Crippen LogP contribution is -2.44. The number of nitrogens with zero attached hydrogens (tertiary/aromatic N) is 1. The lowest BCUT2D eigenvalue weighted by molar-refractivity contribution is -0.139. The Morgan fingerprint density at radius 2 is 1.96 bits per heavy atom. The zero-order valence-corrected chi connectivity index (χ0v) is 15.0. The van der Waals surface area contributed by atoms with Crippen LogP contribution in [0.15, 0.2) is 0 Å². The summed E-state index contributed by atoms with van der Waals surface area (Å²) in [6, 6.07) is 0. The third-order valence-electron chi connectivity index (χ3n) is 4.08. The molecule has 0 aromatic heterocycles. The predicted molar refractivity (Wildman–Crippen MR) is 88.5 cm³/mol. The lowest BCUT2D eigenvalue weighted by atomic mass is 9.97. The maximum absolute atomic E-state index is 12.3. The number of ether oxygens (including phenoxy) is 3. The van der Waals surface area contributed by atoms with E-state index in [1.54, 1.807) is 0 Å². The van der Waals surface area contributed by atoms with Crippen LogP contribution in [-0.2, 0) is 19.0 Å². The average molecular weight is 342 g/mol. The highest BCUT2D eigenvalue weighted by molar-refractivity contribution is 5.76. The zero-order valence-electron chi connectivity index (χ0n) is 15.0. The van der Waals surface area contributed by atoms with Crippen molar-refractivity contribution < 1.29 is 23.8 Å². The van der Waals surface area contributed by atoms with Gasteiger partial charge in [0.2, 0.25) is 5.91 Å². The molecule has 0 spiro atoms. The molecule has 0 aromatic carbocycles. The van der Waals surface area contributed by atoms with Crippen LogP contribution < -0.4 is 5.32 Å². The molecule has 2 aliphatic heterocycles. The molecule has 7 nitrogen and oxygen atoms in total. The summed E-state index contributed by atoms with van der Waals surface area (Å²) in [6.45, 7) is 8.68. The third kappa shape index (κ3) is 6.28. The summed E-state index contributed by atoms with van der Waals surface area (Å²) >= 11 is 0. The molecule has 138 valence electrons. The maximum Gasteiger partial charge on any atom is 0.407 e. The minimum atomic E-state index is -0.507. The average Bonchev–Trinajstić information content (AvgIpc) is 3.04. The topological polar surface area (TPSA) is 77.1 Å². The highest BCUT2D eigenvalue weighted by atomic mass is 16.7. The fourth-order valence-corrected chi connectivity index (χ4v) is 3.01. The molecule has 1 N–H and O–H groups in total. The Bertz CT molecular complexity index is 429. The first-order valence-electron chi connectivity index (χ1n) is 8.83. The van der Waals surface area contributed by atoms with E-state index in [1.165, 1.54) is 0 Å². The molecule has 2 amide bonds. The molecular weight excluding hydrogens is 312 g/mol. The molecule has 0 aromatic rings. The van der Waals surface area contributed by atoms with Gasteiger partial charge in [0.25, 0.3) is 0 Å². The molecule has 0 radical (unpaired) electrons.